The van der Waals surface area contributed by atoms with Gasteiger partial charge in [0, 0.05) is 56.3 Å². The van der Waals surface area contributed by atoms with Gasteiger partial charge in [-0.05, 0) is 38.0 Å². The highest BCUT2D eigenvalue weighted by Gasteiger charge is 2.39. The maximum Gasteiger partial charge on any atom is 0.342 e. The normalized spacial score (nSPS) is 28.4. The molecule has 0 bridgehead atoms. The highest BCUT2D eigenvalue weighted by Crippen LogP contribution is 2.39. The fourth-order valence-electron chi connectivity index (χ4n) is 6.85. The zero-order valence-corrected chi connectivity index (χ0v) is 33.7. The third-order valence-electron chi connectivity index (χ3n) is 9.95. The van der Waals surface area contributed by atoms with Crippen LogP contribution in [0.1, 0.15) is 71.4 Å². The molecule has 17 heteroatoms. The van der Waals surface area contributed by atoms with Crippen LogP contribution < -0.4 is 0 Å². The lowest BCUT2D eigenvalue weighted by atomic mass is 9.99. The summed E-state index contributed by atoms with van der Waals surface area (Å²) in [5.74, 6) is -3.52. The molecule has 6 atom stereocenters. The predicted octanol–water partition coefficient (Wildman–Crippen LogP) is 5.81. The number of carbonyl (C=O) groups excluding carboxylic acids is 4. The minimum absolute atomic E-state index is 0.0187. The zero-order chi connectivity index (χ0) is 42.4. The van der Waals surface area contributed by atoms with Crippen molar-refractivity contribution in [2.75, 3.05) is 19.7 Å². The van der Waals surface area contributed by atoms with Gasteiger partial charge in [0.25, 0.3) is 0 Å². The average molecular weight is 856 g/mol. The number of phenols is 4. The van der Waals surface area contributed by atoms with Crippen molar-refractivity contribution < 1.29 is 63.4 Å². The standard InChI is InChI=1S/C24H27ClN2O7.C18H17ClO6/c1-14-11-20-19(34-20)6-3-2-5-15(26-32-10-9-27-8-4-7-21(27)30)12-16-22(24(31)33-14)17(28)13-18(29)23(16)25;1-9-6-15-14(25-15)5-3-2-4-10(20)7-11-16(18(23)24-9)12(21)8-13(22)17(11)19/h2-3,5-6,13-14,19-20,28-29H,4,7-12H2,1H3;2-5,8-9,14-15,21-22H,6-7H2,1H3/b5-2+,6-3-,26-15+;4-2+,5-3-/t14-,19-,20-;9-,14-,15-/m11/s1. The fraction of sp³-hybridized carbons (Fsp3) is 0.405. The van der Waals surface area contributed by atoms with E-state index in [0.29, 0.717) is 38.1 Å². The molecule has 7 rings (SSSR count). The smallest absolute Gasteiger partial charge is 0.342 e. The Morgan fingerprint density at radius 1 is 0.746 bits per heavy atom. The maximum atomic E-state index is 12.9. The van der Waals surface area contributed by atoms with Crippen molar-refractivity contribution in [3.63, 3.8) is 0 Å². The van der Waals surface area contributed by atoms with Crippen molar-refractivity contribution in [3.8, 4) is 23.0 Å². The summed E-state index contributed by atoms with van der Waals surface area (Å²) >= 11 is 12.4. The Labute approximate surface area is 349 Å². The van der Waals surface area contributed by atoms with Gasteiger partial charge in [-0.1, -0.05) is 64.8 Å². The monoisotopic (exact) mass is 854 g/mol. The molecule has 59 heavy (non-hydrogen) atoms. The lowest BCUT2D eigenvalue weighted by Crippen LogP contribution is -2.28. The molecule has 5 heterocycles. The number of ether oxygens (including phenoxy) is 4. The van der Waals surface area contributed by atoms with Gasteiger partial charge in [0.15, 0.2) is 5.78 Å². The summed E-state index contributed by atoms with van der Waals surface area (Å²) in [5, 5.41) is 44.4. The average Bonchev–Trinajstić information content (AvgIpc) is 4.06. The minimum Gasteiger partial charge on any atom is -0.507 e. The number of benzene rings is 2. The number of likely N-dealkylation sites (tertiary alicyclic amines) is 1. The summed E-state index contributed by atoms with van der Waals surface area (Å²) in [6.45, 7) is 4.78. The number of ketones is 1. The molecule has 0 saturated carbocycles. The Kier molecular flexibility index (Phi) is 14.0. The number of rotatable bonds is 4. The predicted molar refractivity (Wildman–Crippen MR) is 214 cm³/mol. The van der Waals surface area contributed by atoms with E-state index in [-0.39, 0.29) is 93.6 Å². The van der Waals surface area contributed by atoms with Crippen LogP contribution in [0.15, 0.2) is 65.9 Å². The van der Waals surface area contributed by atoms with E-state index in [2.05, 4.69) is 5.16 Å². The van der Waals surface area contributed by atoms with Crippen LogP contribution in [0.3, 0.4) is 0 Å². The largest absolute Gasteiger partial charge is 0.507 e. The lowest BCUT2D eigenvalue weighted by molar-refractivity contribution is -0.128. The van der Waals surface area contributed by atoms with Gasteiger partial charge in [0.2, 0.25) is 5.91 Å². The minimum atomic E-state index is -0.802. The van der Waals surface area contributed by atoms with Crippen LogP contribution in [-0.2, 0) is 46.2 Å². The van der Waals surface area contributed by atoms with E-state index in [1.165, 1.54) is 6.08 Å². The number of phenolic OH excluding ortho intramolecular Hbond substituents is 4. The number of halogens is 2. The Balaban J connectivity index is 0.000000208. The molecular weight excluding hydrogens is 811 g/mol. The van der Waals surface area contributed by atoms with Crippen molar-refractivity contribution in [1.82, 2.24) is 4.90 Å². The number of amides is 1. The van der Waals surface area contributed by atoms with Gasteiger partial charge < -0.3 is 49.1 Å². The van der Waals surface area contributed by atoms with Crippen molar-refractivity contribution in [1.29, 1.82) is 0 Å². The first-order valence-corrected chi connectivity index (χ1v) is 19.8. The van der Waals surface area contributed by atoms with Crippen molar-refractivity contribution in [2.45, 2.75) is 89.0 Å². The third-order valence-corrected chi connectivity index (χ3v) is 10.8. The second-order valence-electron chi connectivity index (χ2n) is 14.6. The van der Waals surface area contributed by atoms with Gasteiger partial charge >= 0.3 is 11.9 Å². The van der Waals surface area contributed by atoms with Crippen LogP contribution in [0.5, 0.6) is 23.0 Å². The van der Waals surface area contributed by atoms with Crippen molar-refractivity contribution >= 4 is 52.5 Å². The van der Waals surface area contributed by atoms with E-state index >= 15 is 0 Å². The number of nitrogens with zero attached hydrogens (tertiary/aromatic N) is 2. The van der Waals surface area contributed by atoms with E-state index in [1.54, 1.807) is 43.1 Å². The summed E-state index contributed by atoms with van der Waals surface area (Å²) in [6, 6.07) is 1.97. The van der Waals surface area contributed by atoms with Crippen LogP contribution in [0, 0.1) is 0 Å². The van der Waals surface area contributed by atoms with Crippen LogP contribution >= 0.6 is 23.2 Å². The molecule has 3 saturated heterocycles. The van der Waals surface area contributed by atoms with E-state index in [0.717, 1.165) is 18.6 Å². The molecule has 0 radical (unpaired) electrons. The van der Waals surface area contributed by atoms with Crippen LogP contribution in [0.2, 0.25) is 10.0 Å². The second kappa shape index (κ2) is 19.1. The molecule has 5 aliphatic rings. The fourth-order valence-corrected chi connectivity index (χ4v) is 7.28. The maximum absolute atomic E-state index is 12.9. The molecule has 314 valence electrons. The number of cyclic esters (lactones) is 2. The SMILES string of the molecule is C[C@@H]1C[C@H]2O[C@@H]2/C=C\C=C\C(=O)Cc2c(Cl)c(O)cc(O)c2C(=O)O1.C[C@@H]1C[C@H]2O[C@@H]2\C=C/C=C/C(=N\OCCN2CCCC2=O)Cc2c(Cl)c(O)cc(O)c2C(=O)O1. The zero-order valence-electron chi connectivity index (χ0n) is 32.2. The van der Waals surface area contributed by atoms with Crippen molar-refractivity contribution in [2.24, 2.45) is 5.16 Å². The molecule has 2 aromatic carbocycles. The van der Waals surface area contributed by atoms with E-state index in [1.807, 2.05) is 18.2 Å². The molecule has 2 aromatic rings. The molecule has 4 N–H and O–H groups in total. The number of carbonyl (C=O) groups is 4. The second-order valence-corrected chi connectivity index (χ2v) is 15.3. The number of oxime groups is 1. The third kappa shape index (κ3) is 11.2. The van der Waals surface area contributed by atoms with Gasteiger partial charge in [-0.2, -0.15) is 0 Å². The lowest BCUT2D eigenvalue weighted by Gasteiger charge is -2.17. The quantitative estimate of drug-likeness (QED) is 0.124. The summed E-state index contributed by atoms with van der Waals surface area (Å²) in [4.78, 5) is 56.5. The molecule has 0 aliphatic carbocycles. The van der Waals surface area contributed by atoms with Crippen LogP contribution in [0.4, 0.5) is 0 Å². The first-order chi connectivity index (χ1) is 28.2. The Bertz CT molecular complexity index is 2130. The molecule has 0 spiro atoms. The first kappa shape index (κ1) is 43.2. The van der Waals surface area contributed by atoms with Gasteiger partial charge in [0.1, 0.15) is 65.1 Å². The number of allylic oxidation sites excluding steroid dienone is 6. The molecular formula is C42H44Cl2N2O13. The molecule has 15 nitrogen and oxygen atoms in total. The molecule has 0 aromatic heterocycles. The number of fused-ring (bicyclic) bond motifs is 4. The highest BCUT2D eigenvalue weighted by atomic mass is 35.5. The van der Waals surface area contributed by atoms with E-state index in [4.69, 9.17) is 47.0 Å². The van der Waals surface area contributed by atoms with Crippen LogP contribution in [0.25, 0.3) is 0 Å². The Morgan fingerprint density at radius 2 is 1.27 bits per heavy atom. The number of epoxide rings is 2. The molecule has 0 unspecified atom stereocenters. The summed E-state index contributed by atoms with van der Waals surface area (Å²) in [5.41, 5.74) is 0.237. The Hall–Kier alpha value is -5.35. The van der Waals surface area contributed by atoms with Gasteiger partial charge in [-0.25, -0.2) is 9.59 Å². The number of hydrogen-bond donors (Lipinski definition) is 4. The summed E-state index contributed by atoms with van der Waals surface area (Å²) in [6.07, 6.45) is 14.6. The van der Waals surface area contributed by atoms with E-state index in [9.17, 15) is 39.6 Å². The molecule has 1 amide bonds. The number of esters is 2. The summed E-state index contributed by atoms with van der Waals surface area (Å²) < 4.78 is 21.9. The topological polar surface area (TPSA) is 218 Å². The Morgan fingerprint density at radius 3 is 1.80 bits per heavy atom. The summed E-state index contributed by atoms with van der Waals surface area (Å²) in [7, 11) is 0. The van der Waals surface area contributed by atoms with Crippen molar-refractivity contribution in [3.05, 3.63) is 93.0 Å². The molecule has 3 fully saturated rings. The number of hydrogen-bond acceptors (Lipinski definition) is 14. The molecule has 5 aliphatic heterocycles. The van der Waals surface area contributed by atoms with Gasteiger partial charge in [-0.15, -0.1) is 0 Å². The highest BCUT2D eigenvalue weighted by molar-refractivity contribution is 6.34. The van der Waals surface area contributed by atoms with E-state index < -0.39 is 41.4 Å². The van der Waals surface area contributed by atoms with Gasteiger partial charge in [0.05, 0.1) is 34.5 Å². The first-order valence-electron chi connectivity index (χ1n) is 19.1. The number of aromatic hydroxyl groups is 4. The van der Waals surface area contributed by atoms with Crippen LogP contribution in [-0.4, -0.2) is 111 Å². The van der Waals surface area contributed by atoms with Gasteiger partial charge in [-0.3, -0.25) is 9.59 Å².